The lowest BCUT2D eigenvalue weighted by Gasteiger charge is -2.14. The Morgan fingerprint density at radius 2 is 2.25 bits per heavy atom. The van der Waals surface area contributed by atoms with E-state index in [0.717, 1.165) is 0 Å². The van der Waals surface area contributed by atoms with E-state index in [2.05, 4.69) is 0 Å². The van der Waals surface area contributed by atoms with Crippen LogP contribution in [0.3, 0.4) is 0 Å². The monoisotopic (exact) mass is 241 g/mol. The van der Waals surface area contributed by atoms with Gasteiger partial charge in [0.1, 0.15) is 5.75 Å². The highest BCUT2D eigenvalue weighted by Gasteiger charge is 2.49. The molecule has 1 aromatic rings. The molecule has 0 atom stereocenters. The van der Waals surface area contributed by atoms with Gasteiger partial charge in [0.15, 0.2) is 11.6 Å². The Labute approximate surface area is 97.0 Å². The molecule has 84 valence electrons. The molecule has 16 heavy (non-hydrogen) atoms. The van der Waals surface area contributed by atoms with Gasteiger partial charge in [-0.25, -0.2) is 4.39 Å². The minimum atomic E-state index is -0.938. The summed E-state index contributed by atoms with van der Waals surface area (Å²) in [4.78, 5) is 0. The molecule has 0 amide bonds. The minimum absolute atomic E-state index is 0.00484. The third kappa shape index (κ3) is 1.40. The molecule has 0 aliphatic heterocycles. The number of hydrogen-bond donors (Lipinski definition) is 1. The first-order chi connectivity index (χ1) is 7.55. The molecule has 0 radical (unpaired) electrons. The van der Waals surface area contributed by atoms with Crippen molar-refractivity contribution < 1.29 is 14.2 Å². The van der Waals surface area contributed by atoms with Crippen LogP contribution in [0.5, 0.6) is 11.5 Å². The molecule has 1 N–H and O–H groups in total. The fraction of sp³-hybridized carbons (Fsp3) is 0.364. The maximum absolute atomic E-state index is 13.9. The number of aromatic hydroxyl groups is 1. The van der Waals surface area contributed by atoms with Crippen molar-refractivity contribution in [3.05, 3.63) is 22.5 Å². The number of nitrogens with zero attached hydrogens (tertiary/aromatic N) is 1. The Balaban J connectivity index is 2.69. The second-order valence-corrected chi connectivity index (χ2v) is 4.20. The summed E-state index contributed by atoms with van der Waals surface area (Å²) in [5, 5.41) is 18.7. The van der Waals surface area contributed by atoms with Crippen LogP contribution in [-0.2, 0) is 5.41 Å². The van der Waals surface area contributed by atoms with Crippen molar-refractivity contribution in [3.8, 4) is 17.6 Å². The van der Waals surface area contributed by atoms with Crippen molar-refractivity contribution in [2.24, 2.45) is 0 Å². The molecule has 1 aliphatic carbocycles. The van der Waals surface area contributed by atoms with Gasteiger partial charge in [-0.05, 0) is 12.8 Å². The molecular weight excluding hydrogens is 233 g/mol. The first kappa shape index (κ1) is 11.0. The van der Waals surface area contributed by atoms with Crippen LogP contribution in [0.25, 0.3) is 0 Å². The molecule has 0 saturated heterocycles. The average Bonchev–Trinajstić information content (AvgIpc) is 3.05. The lowest BCUT2D eigenvalue weighted by Crippen LogP contribution is -2.08. The lowest BCUT2D eigenvalue weighted by atomic mass is 9.95. The number of hydrogen-bond acceptors (Lipinski definition) is 3. The fourth-order valence-corrected chi connectivity index (χ4v) is 1.91. The highest BCUT2D eigenvalue weighted by atomic mass is 35.5. The van der Waals surface area contributed by atoms with E-state index in [4.69, 9.17) is 21.6 Å². The smallest absolute Gasteiger partial charge is 0.173 e. The molecule has 0 aromatic heterocycles. The second kappa shape index (κ2) is 3.53. The van der Waals surface area contributed by atoms with Gasteiger partial charge in [-0.3, -0.25) is 0 Å². The van der Waals surface area contributed by atoms with Crippen LogP contribution in [0.4, 0.5) is 4.39 Å². The number of methoxy groups -OCH3 is 1. The van der Waals surface area contributed by atoms with Gasteiger partial charge in [-0.15, -0.1) is 0 Å². The van der Waals surface area contributed by atoms with E-state index in [1.807, 2.05) is 6.07 Å². The van der Waals surface area contributed by atoms with Crippen LogP contribution in [-0.4, -0.2) is 12.2 Å². The summed E-state index contributed by atoms with van der Waals surface area (Å²) in [5.41, 5.74) is -0.980. The van der Waals surface area contributed by atoms with Crippen LogP contribution in [0.15, 0.2) is 6.07 Å². The summed E-state index contributed by atoms with van der Waals surface area (Å²) in [6.45, 7) is 0. The number of phenols is 1. The van der Waals surface area contributed by atoms with E-state index in [0.29, 0.717) is 12.8 Å². The van der Waals surface area contributed by atoms with Crippen molar-refractivity contribution in [2.45, 2.75) is 18.3 Å². The normalized spacial score (nSPS) is 16.6. The topological polar surface area (TPSA) is 53.2 Å². The molecule has 1 aliphatic rings. The van der Waals surface area contributed by atoms with Gasteiger partial charge in [-0.1, -0.05) is 11.6 Å². The number of benzene rings is 1. The molecule has 0 bridgehead atoms. The van der Waals surface area contributed by atoms with Gasteiger partial charge in [0.05, 0.1) is 29.2 Å². The van der Waals surface area contributed by atoms with Crippen molar-refractivity contribution in [1.29, 1.82) is 5.26 Å². The third-order valence-electron chi connectivity index (χ3n) is 2.82. The van der Waals surface area contributed by atoms with Crippen LogP contribution >= 0.6 is 11.6 Å². The molecule has 0 heterocycles. The minimum Gasteiger partial charge on any atom is -0.506 e. The van der Waals surface area contributed by atoms with E-state index in [9.17, 15) is 9.50 Å². The third-order valence-corrected chi connectivity index (χ3v) is 3.11. The number of ether oxygens (including phenoxy) is 1. The Kier molecular flexibility index (Phi) is 2.43. The first-order valence-electron chi connectivity index (χ1n) is 4.72. The van der Waals surface area contributed by atoms with Crippen LogP contribution in [0.2, 0.25) is 5.02 Å². The molecule has 0 unspecified atom stereocenters. The second-order valence-electron chi connectivity index (χ2n) is 3.79. The summed E-state index contributed by atoms with van der Waals surface area (Å²) >= 11 is 5.75. The zero-order chi connectivity index (χ0) is 11.9. The van der Waals surface area contributed by atoms with Crippen LogP contribution in [0.1, 0.15) is 18.4 Å². The van der Waals surface area contributed by atoms with Crippen molar-refractivity contribution in [1.82, 2.24) is 0 Å². The number of rotatable bonds is 2. The first-order valence-corrected chi connectivity index (χ1v) is 5.10. The lowest BCUT2D eigenvalue weighted by molar-refractivity contribution is 0.376. The van der Waals surface area contributed by atoms with Gasteiger partial charge in [-0.2, -0.15) is 5.26 Å². The summed E-state index contributed by atoms with van der Waals surface area (Å²) < 4.78 is 18.8. The fourth-order valence-electron chi connectivity index (χ4n) is 1.72. The van der Waals surface area contributed by atoms with Gasteiger partial charge < -0.3 is 9.84 Å². The quantitative estimate of drug-likeness (QED) is 0.866. The van der Waals surface area contributed by atoms with Gasteiger partial charge in [0.25, 0.3) is 0 Å². The van der Waals surface area contributed by atoms with Gasteiger partial charge in [0.2, 0.25) is 0 Å². The van der Waals surface area contributed by atoms with E-state index in [-0.39, 0.29) is 22.1 Å². The van der Waals surface area contributed by atoms with E-state index in [1.165, 1.54) is 13.2 Å². The summed E-state index contributed by atoms with van der Waals surface area (Å²) in [6, 6.07) is 3.21. The summed E-state index contributed by atoms with van der Waals surface area (Å²) in [5.74, 6) is -1.12. The van der Waals surface area contributed by atoms with Crippen molar-refractivity contribution in [3.63, 3.8) is 0 Å². The number of halogens is 2. The largest absolute Gasteiger partial charge is 0.506 e. The molecule has 5 heteroatoms. The average molecular weight is 242 g/mol. The SMILES string of the molecule is COc1cc(Cl)c(O)c(C2(C#N)CC2)c1F. The highest BCUT2D eigenvalue weighted by Crippen LogP contribution is 2.54. The Morgan fingerprint density at radius 1 is 1.62 bits per heavy atom. The van der Waals surface area contributed by atoms with Gasteiger partial charge in [0, 0.05) is 6.07 Å². The number of phenolic OH excluding ortho intramolecular Hbond substituents is 1. The van der Waals surface area contributed by atoms with Crippen LogP contribution in [0, 0.1) is 17.1 Å². The van der Waals surface area contributed by atoms with E-state index in [1.54, 1.807) is 0 Å². The molecule has 3 nitrogen and oxygen atoms in total. The predicted molar refractivity (Wildman–Crippen MR) is 56.2 cm³/mol. The van der Waals surface area contributed by atoms with Crippen molar-refractivity contribution >= 4 is 11.6 Å². The Hall–Kier alpha value is -1.47. The Bertz CT molecular complexity index is 492. The highest BCUT2D eigenvalue weighted by molar-refractivity contribution is 6.32. The maximum Gasteiger partial charge on any atom is 0.173 e. The Morgan fingerprint density at radius 3 is 2.69 bits per heavy atom. The van der Waals surface area contributed by atoms with Crippen molar-refractivity contribution in [2.75, 3.05) is 7.11 Å². The molecular formula is C11H9ClFNO2. The molecule has 0 spiro atoms. The predicted octanol–water partition coefficient (Wildman–Crippen LogP) is 2.75. The summed E-state index contributed by atoms with van der Waals surface area (Å²) in [7, 11) is 1.31. The summed E-state index contributed by atoms with van der Waals surface area (Å²) in [6.07, 6.45) is 1.05. The molecule has 2 rings (SSSR count). The standard InChI is InChI=1S/C11H9ClFNO2/c1-16-7-4-6(12)10(15)8(9(7)13)11(5-14)2-3-11/h4,15H,2-3H2,1H3. The molecule has 1 saturated carbocycles. The zero-order valence-electron chi connectivity index (χ0n) is 8.55. The maximum atomic E-state index is 13.9. The molecule has 1 aromatic carbocycles. The van der Waals surface area contributed by atoms with Gasteiger partial charge >= 0.3 is 0 Å². The number of nitriles is 1. The van der Waals surface area contributed by atoms with Crippen LogP contribution < -0.4 is 4.74 Å². The zero-order valence-corrected chi connectivity index (χ0v) is 9.31. The molecule has 1 fully saturated rings. The van der Waals surface area contributed by atoms with E-state index < -0.39 is 11.2 Å². The van der Waals surface area contributed by atoms with E-state index >= 15 is 0 Å².